The molecule has 1 aliphatic rings. The molecule has 2 N–H and O–H groups in total. The summed E-state index contributed by atoms with van der Waals surface area (Å²) in [5, 5.41) is 6.15. The highest BCUT2D eigenvalue weighted by Crippen LogP contribution is 2.26. The lowest BCUT2D eigenvalue weighted by molar-refractivity contribution is -0.140. The van der Waals surface area contributed by atoms with Crippen molar-refractivity contribution in [2.24, 2.45) is 0 Å². The number of piperidine rings is 1. The number of anilines is 1. The summed E-state index contributed by atoms with van der Waals surface area (Å²) in [7, 11) is 1.57. The second-order valence-corrected chi connectivity index (χ2v) is 6.35. The standard InChI is InChI=1S/C20H23FN2O3.ClH/c1-25-20(8-10-22-11-9-20)19(24)23-17-6-3-7-18(13-17)26-14-15-4-2-5-16(21)12-15;/h2-7,12-13,22H,8-11,14H2,1H3,(H,23,24);1H. The fourth-order valence-electron chi connectivity index (χ4n) is 3.06. The van der Waals surface area contributed by atoms with Gasteiger partial charge in [0.15, 0.2) is 0 Å². The van der Waals surface area contributed by atoms with Crippen LogP contribution < -0.4 is 15.4 Å². The van der Waals surface area contributed by atoms with Crippen LogP contribution in [0, 0.1) is 5.82 Å². The van der Waals surface area contributed by atoms with Crippen LogP contribution in [0.1, 0.15) is 18.4 Å². The number of rotatable bonds is 6. The summed E-state index contributed by atoms with van der Waals surface area (Å²) in [5.41, 5.74) is 0.582. The maximum atomic E-state index is 13.2. The Hall–Kier alpha value is -2.15. The van der Waals surface area contributed by atoms with E-state index in [0.717, 1.165) is 18.7 Å². The Morgan fingerprint density at radius 2 is 1.93 bits per heavy atom. The van der Waals surface area contributed by atoms with E-state index >= 15 is 0 Å². The summed E-state index contributed by atoms with van der Waals surface area (Å²) >= 11 is 0. The van der Waals surface area contributed by atoms with Gasteiger partial charge in [0.2, 0.25) is 0 Å². The quantitative estimate of drug-likeness (QED) is 0.786. The first kappa shape index (κ1) is 21.2. The Bertz CT molecular complexity index is 766. The van der Waals surface area contributed by atoms with Crippen molar-refractivity contribution in [2.45, 2.75) is 25.0 Å². The third-order valence-electron chi connectivity index (χ3n) is 4.60. The van der Waals surface area contributed by atoms with Gasteiger partial charge in [-0.05, 0) is 55.8 Å². The number of halogens is 2. The van der Waals surface area contributed by atoms with Gasteiger partial charge in [-0.1, -0.05) is 18.2 Å². The average Bonchev–Trinajstić information content (AvgIpc) is 2.67. The van der Waals surface area contributed by atoms with E-state index in [9.17, 15) is 9.18 Å². The molecule has 0 atom stereocenters. The third kappa shape index (κ3) is 5.42. The zero-order valence-electron chi connectivity index (χ0n) is 15.2. The van der Waals surface area contributed by atoms with Crippen molar-refractivity contribution >= 4 is 24.0 Å². The minimum absolute atomic E-state index is 0. The molecule has 1 fully saturated rings. The van der Waals surface area contributed by atoms with Crippen molar-refractivity contribution in [1.29, 1.82) is 0 Å². The molecule has 7 heteroatoms. The number of carbonyl (C=O) groups is 1. The molecule has 1 saturated heterocycles. The molecule has 2 aromatic rings. The molecule has 3 rings (SSSR count). The lowest BCUT2D eigenvalue weighted by Gasteiger charge is -2.34. The van der Waals surface area contributed by atoms with E-state index < -0.39 is 5.60 Å². The van der Waals surface area contributed by atoms with Gasteiger partial charge in [-0.15, -0.1) is 12.4 Å². The van der Waals surface area contributed by atoms with Crippen molar-refractivity contribution < 1.29 is 18.7 Å². The first-order valence-electron chi connectivity index (χ1n) is 8.66. The maximum absolute atomic E-state index is 13.2. The van der Waals surface area contributed by atoms with Crippen molar-refractivity contribution in [2.75, 3.05) is 25.5 Å². The van der Waals surface area contributed by atoms with Gasteiger partial charge in [0.1, 0.15) is 23.8 Å². The topological polar surface area (TPSA) is 59.6 Å². The Labute approximate surface area is 164 Å². The zero-order valence-corrected chi connectivity index (χ0v) is 16.0. The summed E-state index contributed by atoms with van der Waals surface area (Å²) in [6, 6.07) is 13.4. The molecule has 1 amide bonds. The first-order chi connectivity index (χ1) is 12.6. The van der Waals surface area contributed by atoms with Crippen LogP contribution in [0.25, 0.3) is 0 Å². The molecule has 1 aliphatic heterocycles. The summed E-state index contributed by atoms with van der Waals surface area (Å²) in [6.07, 6.45) is 1.26. The molecule has 0 saturated carbocycles. The van der Waals surface area contributed by atoms with Gasteiger partial charge < -0.3 is 20.1 Å². The second-order valence-electron chi connectivity index (χ2n) is 6.35. The van der Waals surface area contributed by atoms with E-state index in [1.807, 2.05) is 0 Å². The van der Waals surface area contributed by atoms with Gasteiger partial charge in [0.05, 0.1) is 0 Å². The average molecular weight is 395 g/mol. The Morgan fingerprint density at radius 3 is 2.63 bits per heavy atom. The van der Waals surface area contributed by atoms with Crippen LogP contribution in [-0.4, -0.2) is 31.7 Å². The monoisotopic (exact) mass is 394 g/mol. The molecule has 0 radical (unpaired) electrons. The predicted octanol–water partition coefficient (Wildman–Crippen LogP) is 3.53. The Kier molecular flexibility index (Phi) is 7.59. The molecular weight excluding hydrogens is 371 g/mol. The van der Waals surface area contributed by atoms with E-state index in [-0.39, 0.29) is 30.7 Å². The zero-order chi connectivity index (χ0) is 18.4. The number of methoxy groups -OCH3 is 1. The molecule has 1 heterocycles. The molecule has 0 aromatic heterocycles. The van der Waals surface area contributed by atoms with E-state index in [2.05, 4.69) is 10.6 Å². The highest BCUT2D eigenvalue weighted by atomic mass is 35.5. The summed E-state index contributed by atoms with van der Waals surface area (Å²) in [4.78, 5) is 12.7. The van der Waals surface area contributed by atoms with Crippen LogP contribution in [0.15, 0.2) is 48.5 Å². The van der Waals surface area contributed by atoms with E-state index in [4.69, 9.17) is 9.47 Å². The number of carbonyl (C=O) groups excluding carboxylic acids is 1. The van der Waals surface area contributed by atoms with Crippen LogP contribution in [0.2, 0.25) is 0 Å². The van der Waals surface area contributed by atoms with Crippen molar-refractivity contribution in [1.82, 2.24) is 5.32 Å². The first-order valence-corrected chi connectivity index (χ1v) is 8.66. The molecule has 0 aliphatic carbocycles. The normalized spacial score (nSPS) is 15.5. The molecular formula is C20H24ClFN2O3. The summed E-state index contributed by atoms with van der Waals surface area (Å²) in [5.74, 6) is 0.159. The van der Waals surface area contributed by atoms with E-state index in [1.165, 1.54) is 12.1 Å². The molecule has 0 unspecified atom stereocenters. The van der Waals surface area contributed by atoms with E-state index in [0.29, 0.717) is 24.3 Å². The number of ether oxygens (including phenoxy) is 2. The molecule has 0 bridgehead atoms. The minimum Gasteiger partial charge on any atom is -0.489 e. The number of amides is 1. The highest BCUT2D eigenvalue weighted by Gasteiger charge is 2.39. The Balaban J connectivity index is 0.00000261. The fraction of sp³-hybridized carbons (Fsp3) is 0.350. The van der Waals surface area contributed by atoms with E-state index in [1.54, 1.807) is 43.5 Å². The third-order valence-corrected chi connectivity index (χ3v) is 4.60. The largest absolute Gasteiger partial charge is 0.489 e. The second kappa shape index (κ2) is 9.69. The van der Waals surface area contributed by atoms with Crippen LogP contribution in [-0.2, 0) is 16.1 Å². The number of hydrogen-bond acceptors (Lipinski definition) is 4. The molecule has 0 spiro atoms. The van der Waals surface area contributed by atoms with Gasteiger partial charge in [0.25, 0.3) is 5.91 Å². The highest BCUT2D eigenvalue weighted by molar-refractivity contribution is 5.97. The smallest absolute Gasteiger partial charge is 0.256 e. The number of nitrogens with one attached hydrogen (secondary N) is 2. The van der Waals surface area contributed by atoms with Crippen LogP contribution in [0.4, 0.5) is 10.1 Å². The van der Waals surface area contributed by atoms with Gasteiger partial charge in [0, 0.05) is 18.9 Å². The van der Waals surface area contributed by atoms with Crippen molar-refractivity contribution in [3.63, 3.8) is 0 Å². The van der Waals surface area contributed by atoms with Crippen molar-refractivity contribution in [3.8, 4) is 5.75 Å². The lowest BCUT2D eigenvalue weighted by atomic mass is 9.91. The lowest BCUT2D eigenvalue weighted by Crippen LogP contribution is -2.51. The van der Waals surface area contributed by atoms with Crippen molar-refractivity contribution in [3.05, 3.63) is 59.9 Å². The number of hydrogen-bond donors (Lipinski definition) is 2. The van der Waals surface area contributed by atoms with Crippen LogP contribution in [0.3, 0.4) is 0 Å². The molecule has 2 aromatic carbocycles. The van der Waals surface area contributed by atoms with Gasteiger partial charge in [-0.3, -0.25) is 4.79 Å². The maximum Gasteiger partial charge on any atom is 0.256 e. The predicted molar refractivity (Wildman–Crippen MR) is 105 cm³/mol. The molecule has 27 heavy (non-hydrogen) atoms. The van der Waals surface area contributed by atoms with Crippen LogP contribution in [0.5, 0.6) is 5.75 Å². The SMILES string of the molecule is COC1(C(=O)Nc2cccc(OCc3cccc(F)c3)c2)CCNCC1.Cl. The minimum atomic E-state index is -0.802. The van der Waals surface area contributed by atoms with Gasteiger partial charge in [-0.25, -0.2) is 4.39 Å². The van der Waals surface area contributed by atoms with Gasteiger partial charge in [-0.2, -0.15) is 0 Å². The van der Waals surface area contributed by atoms with Gasteiger partial charge >= 0.3 is 0 Å². The summed E-state index contributed by atoms with van der Waals surface area (Å²) < 4.78 is 24.5. The number of benzene rings is 2. The molecule has 5 nitrogen and oxygen atoms in total. The Morgan fingerprint density at radius 1 is 1.19 bits per heavy atom. The summed E-state index contributed by atoms with van der Waals surface area (Å²) in [6.45, 7) is 1.75. The molecule has 146 valence electrons. The van der Waals surface area contributed by atoms with Crippen LogP contribution >= 0.6 is 12.4 Å². The fourth-order valence-corrected chi connectivity index (χ4v) is 3.06.